The van der Waals surface area contributed by atoms with Crippen LogP contribution >= 0.6 is 27.5 Å². The molecule has 0 fully saturated rings. The lowest BCUT2D eigenvalue weighted by atomic mass is 10.2. The van der Waals surface area contributed by atoms with E-state index in [1.165, 1.54) is 0 Å². The van der Waals surface area contributed by atoms with Gasteiger partial charge in [-0.05, 0) is 23.3 Å². The number of anilines is 1. The largest absolute Gasteiger partial charge is 0.616 e. The van der Waals surface area contributed by atoms with E-state index < -0.39 is 11.2 Å². The highest BCUT2D eigenvalue weighted by Crippen LogP contribution is 2.32. The van der Waals surface area contributed by atoms with Crippen LogP contribution in [0.4, 0.5) is 5.69 Å². The zero-order chi connectivity index (χ0) is 10.8. The van der Waals surface area contributed by atoms with Crippen LogP contribution in [0.25, 0.3) is 0 Å². The first-order valence-corrected chi connectivity index (χ1v) is 7.39. The molecule has 1 atom stereocenters. The number of hydrogen-bond donors (Lipinski definition) is 1. The lowest BCUT2D eigenvalue weighted by Crippen LogP contribution is -2.18. The van der Waals surface area contributed by atoms with E-state index in [1.807, 2.05) is 12.1 Å². The van der Waals surface area contributed by atoms with Crippen molar-refractivity contribution in [3.8, 4) is 0 Å². The highest BCUT2D eigenvalue weighted by atomic mass is 79.9. The maximum atomic E-state index is 11.6. The Morgan fingerprint density at radius 3 is 3.07 bits per heavy atom. The van der Waals surface area contributed by atoms with Crippen LogP contribution < -0.4 is 5.32 Å². The van der Waals surface area contributed by atoms with Crippen LogP contribution in [0.15, 0.2) is 16.6 Å². The van der Waals surface area contributed by atoms with Gasteiger partial charge in [0.15, 0.2) is 0 Å². The molecule has 5 heteroatoms. The fourth-order valence-electron chi connectivity index (χ4n) is 1.63. The summed E-state index contributed by atoms with van der Waals surface area (Å²) in [7, 11) is 0. The first-order chi connectivity index (χ1) is 7.16. The van der Waals surface area contributed by atoms with Gasteiger partial charge in [0, 0.05) is 23.0 Å². The van der Waals surface area contributed by atoms with Crippen LogP contribution in [0.2, 0.25) is 5.02 Å². The Morgan fingerprint density at radius 2 is 2.27 bits per heavy atom. The molecule has 0 aliphatic carbocycles. The molecule has 0 spiro atoms. The zero-order valence-electron chi connectivity index (χ0n) is 8.06. The van der Waals surface area contributed by atoms with Crippen LogP contribution in [0.1, 0.15) is 12.0 Å². The number of rotatable bonds is 0. The van der Waals surface area contributed by atoms with E-state index in [9.17, 15) is 4.55 Å². The van der Waals surface area contributed by atoms with Crippen LogP contribution in [-0.4, -0.2) is 16.9 Å². The molecule has 1 aliphatic rings. The van der Waals surface area contributed by atoms with Crippen LogP contribution in [-0.2, 0) is 16.9 Å². The summed E-state index contributed by atoms with van der Waals surface area (Å²) < 4.78 is 12.6. The fraction of sp³-hybridized carbons (Fsp3) is 0.400. The van der Waals surface area contributed by atoms with Crippen molar-refractivity contribution in [1.82, 2.24) is 0 Å². The van der Waals surface area contributed by atoms with Crippen molar-refractivity contribution in [3.63, 3.8) is 0 Å². The molecular formula is C10H11BrClNOS. The topological polar surface area (TPSA) is 35.1 Å². The van der Waals surface area contributed by atoms with E-state index in [0.29, 0.717) is 10.8 Å². The van der Waals surface area contributed by atoms with Gasteiger partial charge < -0.3 is 9.87 Å². The minimum absolute atomic E-state index is 0.585. The normalized spacial score (nSPS) is 21.1. The maximum absolute atomic E-state index is 11.6. The zero-order valence-corrected chi connectivity index (χ0v) is 11.2. The second-order valence-corrected chi connectivity index (χ2v) is 6.39. The van der Waals surface area contributed by atoms with Gasteiger partial charge >= 0.3 is 0 Å². The maximum Gasteiger partial charge on any atom is 0.132 e. The van der Waals surface area contributed by atoms with Gasteiger partial charge in [-0.25, -0.2) is 0 Å². The minimum atomic E-state index is -0.766. The van der Waals surface area contributed by atoms with Gasteiger partial charge in [0.25, 0.3) is 0 Å². The lowest BCUT2D eigenvalue weighted by molar-refractivity contribution is 0.591. The average Bonchev–Trinajstić information content (AvgIpc) is 2.11. The van der Waals surface area contributed by atoms with Gasteiger partial charge in [0.1, 0.15) is 11.5 Å². The standard InChI is InChI=1S/C10H11BrClNOS/c11-8-4-7-6-15(14)3-1-2-13-10(7)9(12)5-8/h4-5,13H,1-3,6H2. The van der Waals surface area contributed by atoms with E-state index in [0.717, 1.165) is 34.4 Å². The summed E-state index contributed by atoms with van der Waals surface area (Å²) in [5.41, 5.74) is 1.97. The molecular weight excluding hydrogens is 298 g/mol. The molecule has 1 aromatic carbocycles. The van der Waals surface area contributed by atoms with Gasteiger partial charge in [0.2, 0.25) is 0 Å². The summed E-state index contributed by atoms with van der Waals surface area (Å²) in [4.78, 5) is 0. The molecule has 0 saturated carbocycles. The summed E-state index contributed by atoms with van der Waals surface area (Å²) in [6.45, 7) is 0.833. The predicted molar refractivity (Wildman–Crippen MR) is 69.0 cm³/mol. The summed E-state index contributed by atoms with van der Waals surface area (Å²) in [6.07, 6.45) is 0.929. The Balaban J connectivity index is 2.40. The van der Waals surface area contributed by atoms with E-state index in [4.69, 9.17) is 11.6 Å². The molecule has 0 saturated heterocycles. The molecule has 0 radical (unpaired) electrons. The molecule has 15 heavy (non-hydrogen) atoms. The van der Waals surface area contributed by atoms with Gasteiger partial charge in [-0.1, -0.05) is 27.5 Å². The number of fused-ring (bicyclic) bond motifs is 1. The van der Waals surface area contributed by atoms with Crippen LogP contribution in [0.3, 0.4) is 0 Å². The minimum Gasteiger partial charge on any atom is -0.616 e. The molecule has 1 N–H and O–H groups in total. The first kappa shape index (κ1) is 11.6. The molecule has 1 aromatic rings. The second kappa shape index (κ2) is 4.95. The lowest BCUT2D eigenvalue weighted by Gasteiger charge is -2.20. The Hall–Kier alpha value is 0.1000. The van der Waals surface area contributed by atoms with Crippen molar-refractivity contribution in [2.75, 3.05) is 17.6 Å². The Bertz CT molecular complexity index is 375. The van der Waals surface area contributed by atoms with E-state index in [1.54, 1.807) is 0 Å². The van der Waals surface area contributed by atoms with Crippen LogP contribution in [0, 0.1) is 0 Å². The highest BCUT2D eigenvalue weighted by molar-refractivity contribution is 9.10. The molecule has 1 unspecified atom stereocenters. The smallest absolute Gasteiger partial charge is 0.132 e. The van der Waals surface area contributed by atoms with Gasteiger partial charge in [-0.3, -0.25) is 0 Å². The Labute approximate surface area is 106 Å². The highest BCUT2D eigenvalue weighted by Gasteiger charge is 2.17. The summed E-state index contributed by atoms with van der Waals surface area (Å²) in [5, 5.41) is 3.99. The van der Waals surface area contributed by atoms with Crippen molar-refractivity contribution in [2.45, 2.75) is 12.2 Å². The molecule has 1 aliphatic heterocycles. The summed E-state index contributed by atoms with van der Waals surface area (Å²) in [6, 6.07) is 3.84. The Morgan fingerprint density at radius 1 is 1.47 bits per heavy atom. The SMILES string of the molecule is [O-][S+]1CCCNc2c(Cl)cc(Br)cc2C1. The third-order valence-corrected chi connectivity index (χ3v) is 4.44. The average molecular weight is 309 g/mol. The van der Waals surface area contributed by atoms with Crippen molar-refractivity contribution >= 4 is 44.4 Å². The molecule has 0 amide bonds. The predicted octanol–water partition coefficient (Wildman–Crippen LogP) is 3.17. The number of nitrogens with one attached hydrogen (secondary N) is 1. The molecule has 2 rings (SSSR count). The van der Waals surface area contributed by atoms with Crippen LogP contribution in [0.5, 0.6) is 0 Å². The quantitative estimate of drug-likeness (QED) is 0.747. The molecule has 2 nitrogen and oxygen atoms in total. The third kappa shape index (κ3) is 2.81. The third-order valence-electron chi connectivity index (χ3n) is 2.30. The van der Waals surface area contributed by atoms with Crippen molar-refractivity contribution < 1.29 is 4.55 Å². The fourth-order valence-corrected chi connectivity index (χ4v) is 3.76. The van der Waals surface area contributed by atoms with E-state index in [2.05, 4.69) is 21.2 Å². The Kier molecular flexibility index (Phi) is 3.83. The summed E-state index contributed by atoms with van der Waals surface area (Å²) in [5.74, 6) is 1.35. The molecule has 82 valence electrons. The van der Waals surface area contributed by atoms with Gasteiger partial charge in [0.05, 0.1) is 10.7 Å². The van der Waals surface area contributed by atoms with Crippen molar-refractivity contribution in [3.05, 3.63) is 27.2 Å². The van der Waals surface area contributed by atoms with Crippen molar-refractivity contribution in [1.29, 1.82) is 0 Å². The molecule has 0 bridgehead atoms. The molecule has 1 heterocycles. The number of hydrogen-bond acceptors (Lipinski definition) is 2. The first-order valence-electron chi connectivity index (χ1n) is 4.73. The summed E-state index contributed by atoms with van der Waals surface area (Å²) >= 11 is 8.76. The van der Waals surface area contributed by atoms with Gasteiger partial charge in [-0.15, -0.1) is 0 Å². The van der Waals surface area contributed by atoms with E-state index >= 15 is 0 Å². The van der Waals surface area contributed by atoms with Gasteiger partial charge in [-0.2, -0.15) is 0 Å². The van der Waals surface area contributed by atoms with Crippen molar-refractivity contribution in [2.24, 2.45) is 0 Å². The monoisotopic (exact) mass is 307 g/mol. The molecule has 0 aromatic heterocycles. The van der Waals surface area contributed by atoms with E-state index in [-0.39, 0.29) is 0 Å². The second-order valence-electron chi connectivity index (χ2n) is 3.49. The number of halogens is 2. The number of benzene rings is 1.